The van der Waals surface area contributed by atoms with Crippen molar-refractivity contribution in [3.05, 3.63) is 0 Å². The van der Waals surface area contributed by atoms with Gasteiger partial charge in [0, 0.05) is 0 Å². The SMILES string of the molecule is CC(C)(C)CC(C)(C)C(C)(C)OOC(C)(C)C(C)(C)CC(C)(C)C. The van der Waals surface area contributed by atoms with Crippen LogP contribution in [0.2, 0.25) is 0 Å². The van der Waals surface area contributed by atoms with Crippen LogP contribution in [-0.4, -0.2) is 11.2 Å². The number of hydrogen-bond donors (Lipinski definition) is 0. The van der Waals surface area contributed by atoms with Gasteiger partial charge in [0.05, 0.1) is 0 Å². The summed E-state index contributed by atoms with van der Waals surface area (Å²) in [6.45, 7) is 31.3. The van der Waals surface area contributed by atoms with Crippen molar-refractivity contribution in [3.63, 3.8) is 0 Å². The van der Waals surface area contributed by atoms with Crippen LogP contribution in [0.1, 0.15) is 110 Å². The van der Waals surface area contributed by atoms with Crippen LogP contribution in [0.25, 0.3) is 0 Å². The van der Waals surface area contributed by atoms with Crippen LogP contribution in [0.5, 0.6) is 0 Å². The molecular formula is C22H46O2. The third kappa shape index (κ3) is 7.04. The smallest absolute Gasteiger partial charge is 0.103 e. The van der Waals surface area contributed by atoms with Crippen molar-refractivity contribution in [1.82, 2.24) is 0 Å². The number of rotatable bonds is 7. The molecule has 0 saturated carbocycles. The monoisotopic (exact) mass is 342 g/mol. The maximum Gasteiger partial charge on any atom is 0.103 e. The van der Waals surface area contributed by atoms with Crippen molar-refractivity contribution >= 4 is 0 Å². The lowest BCUT2D eigenvalue weighted by molar-refractivity contribution is -0.435. The Morgan fingerprint density at radius 1 is 0.417 bits per heavy atom. The van der Waals surface area contributed by atoms with E-state index >= 15 is 0 Å². The molecule has 0 spiro atoms. The fraction of sp³-hybridized carbons (Fsp3) is 1.00. The molecule has 0 aliphatic rings. The van der Waals surface area contributed by atoms with Gasteiger partial charge in [-0.05, 0) is 62.2 Å². The molecule has 0 fully saturated rings. The first-order chi connectivity index (χ1) is 10.1. The minimum Gasteiger partial charge on any atom is -0.230 e. The molecule has 0 aromatic heterocycles. The van der Waals surface area contributed by atoms with Gasteiger partial charge in [-0.15, -0.1) is 0 Å². The van der Waals surface area contributed by atoms with Gasteiger partial charge in [-0.1, -0.05) is 69.2 Å². The van der Waals surface area contributed by atoms with Gasteiger partial charge in [0.1, 0.15) is 11.2 Å². The van der Waals surface area contributed by atoms with Crippen molar-refractivity contribution in [1.29, 1.82) is 0 Å². The van der Waals surface area contributed by atoms with Crippen LogP contribution in [-0.2, 0) is 9.78 Å². The van der Waals surface area contributed by atoms with Crippen LogP contribution in [0.15, 0.2) is 0 Å². The molecule has 24 heavy (non-hydrogen) atoms. The van der Waals surface area contributed by atoms with Gasteiger partial charge in [0.25, 0.3) is 0 Å². The fourth-order valence-corrected chi connectivity index (χ4v) is 3.51. The highest BCUT2D eigenvalue weighted by molar-refractivity contribution is 4.92. The highest BCUT2D eigenvalue weighted by Crippen LogP contribution is 2.47. The third-order valence-electron chi connectivity index (χ3n) is 5.66. The van der Waals surface area contributed by atoms with Crippen molar-refractivity contribution in [2.75, 3.05) is 0 Å². The Balaban J connectivity index is 5.14. The second-order valence-corrected chi connectivity index (χ2v) is 12.4. The first-order valence-electron chi connectivity index (χ1n) is 9.49. The molecule has 0 N–H and O–H groups in total. The third-order valence-corrected chi connectivity index (χ3v) is 5.66. The lowest BCUT2D eigenvalue weighted by atomic mass is 9.67. The van der Waals surface area contributed by atoms with Crippen LogP contribution in [0.3, 0.4) is 0 Å². The molecular weight excluding hydrogens is 296 g/mol. The largest absolute Gasteiger partial charge is 0.230 e. The summed E-state index contributed by atoms with van der Waals surface area (Å²) in [4.78, 5) is 12.2. The van der Waals surface area contributed by atoms with E-state index in [2.05, 4.69) is 96.9 Å². The zero-order valence-electron chi connectivity index (χ0n) is 19.2. The number of hydrogen-bond acceptors (Lipinski definition) is 2. The molecule has 0 unspecified atom stereocenters. The summed E-state index contributed by atoms with van der Waals surface area (Å²) in [7, 11) is 0. The normalized spacial score (nSPS) is 15.8. The topological polar surface area (TPSA) is 18.5 Å². The summed E-state index contributed by atoms with van der Waals surface area (Å²) < 4.78 is 0. The van der Waals surface area contributed by atoms with E-state index in [-0.39, 0.29) is 32.9 Å². The van der Waals surface area contributed by atoms with Crippen LogP contribution in [0, 0.1) is 21.7 Å². The van der Waals surface area contributed by atoms with Gasteiger partial charge in [0.2, 0.25) is 0 Å². The molecule has 146 valence electrons. The highest BCUT2D eigenvalue weighted by Gasteiger charge is 2.46. The van der Waals surface area contributed by atoms with Gasteiger partial charge in [-0.25, -0.2) is 9.78 Å². The van der Waals surface area contributed by atoms with Gasteiger partial charge in [-0.3, -0.25) is 0 Å². The lowest BCUT2D eigenvalue weighted by Crippen LogP contribution is -2.49. The van der Waals surface area contributed by atoms with E-state index in [0.717, 1.165) is 12.8 Å². The first kappa shape index (κ1) is 23.9. The fourth-order valence-electron chi connectivity index (χ4n) is 3.51. The van der Waals surface area contributed by atoms with E-state index in [4.69, 9.17) is 9.78 Å². The second-order valence-electron chi connectivity index (χ2n) is 12.4. The van der Waals surface area contributed by atoms with Crippen molar-refractivity contribution < 1.29 is 9.78 Å². The summed E-state index contributed by atoms with van der Waals surface area (Å²) in [5.41, 5.74) is -0.202. The van der Waals surface area contributed by atoms with E-state index in [1.807, 2.05) is 0 Å². The summed E-state index contributed by atoms with van der Waals surface area (Å²) in [5.74, 6) is 0. The minimum absolute atomic E-state index is 0.00942. The predicted octanol–water partition coefficient (Wildman–Crippen LogP) is 7.42. The molecule has 0 atom stereocenters. The Hall–Kier alpha value is -0.0800. The molecule has 0 rings (SSSR count). The average molecular weight is 343 g/mol. The maximum atomic E-state index is 6.11. The Labute approximate surface area is 153 Å². The molecule has 0 amide bonds. The van der Waals surface area contributed by atoms with Crippen molar-refractivity contribution in [2.45, 2.75) is 121 Å². The molecule has 0 bridgehead atoms. The summed E-state index contributed by atoms with van der Waals surface area (Å²) in [5, 5.41) is 0. The minimum atomic E-state index is -0.366. The molecule has 0 saturated heterocycles. The molecule has 2 nitrogen and oxygen atoms in total. The quantitative estimate of drug-likeness (QED) is 0.354. The molecule has 2 heteroatoms. The van der Waals surface area contributed by atoms with E-state index in [1.54, 1.807) is 0 Å². The Morgan fingerprint density at radius 3 is 0.792 bits per heavy atom. The molecule has 0 heterocycles. The molecule has 0 aliphatic carbocycles. The van der Waals surface area contributed by atoms with E-state index in [9.17, 15) is 0 Å². The van der Waals surface area contributed by atoms with Gasteiger partial charge in [-0.2, -0.15) is 0 Å². The van der Waals surface area contributed by atoms with Gasteiger partial charge in [0.15, 0.2) is 0 Å². The predicted molar refractivity (Wildman–Crippen MR) is 106 cm³/mol. The maximum absolute atomic E-state index is 6.11. The average Bonchev–Trinajstić information content (AvgIpc) is 2.19. The van der Waals surface area contributed by atoms with Gasteiger partial charge < -0.3 is 0 Å². The zero-order valence-corrected chi connectivity index (χ0v) is 19.2. The molecule has 0 aromatic carbocycles. The van der Waals surface area contributed by atoms with Crippen LogP contribution < -0.4 is 0 Å². The summed E-state index contributed by atoms with van der Waals surface area (Å²) in [6.07, 6.45) is 2.14. The standard InChI is InChI=1S/C22H46O2/c1-17(2,3)15-19(7,8)21(11,12)23-24-22(13,14)20(9,10)16-18(4,5)6/h15-16H2,1-14H3. The van der Waals surface area contributed by atoms with Crippen molar-refractivity contribution in [2.24, 2.45) is 21.7 Å². The zero-order chi connectivity index (χ0) is 19.8. The van der Waals surface area contributed by atoms with Crippen LogP contribution >= 0.6 is 0 Å². The summed E-state index contributed by atoms with van der Waals surface area (Å²) in [6, 6.07) is 0. The van der Waals surface area contributed by atoms with E-state index < -0.39 is 0 Å². The second kappa shape index (κ2) is 6.91. The van der Waals surface area contributed by atoms with Crippen LogP contribution in [0.4, 0.5) is 0 Å². The molecule has 0 aliphatic heterocycles. The Morgan fingerprint density at radius 2 is 0.625 bits per heavy atom. The molecule has 0 aromatic rings. The summed E-state index contributed by atoms with van der Waals surface area (Å²) >= 11 is 0. The first-order valence-corrected chi connectivity index (χ1v) is 9.49. The van der Waals surface area contributed by atoms with Crippen molar-refractivity contribution in [3.8, 4) is 0 Å². The van der Waals surface area contributed by atoms with E-state index in [1.165, 1.54) is 0 Å². The van der Waals surface area contributed by atoms with E-state index in [0.29, 0.717) is 0 Å². The highest BCUT2D eigenvalue weighted by atomic mass is 17.2. The Bertz CT molecular complexity index is 361. The van der Waals surface area contributed by atoms with Gasteiger partial charge >= 0.3 is 0 Å². The molecule has 0 radical (unpaired) electrons. The Kier molecular flexibility index (Phi) is 6.89. The lowest BCUT2D eigenvalue weighted by Gasteiger charge is -2.48.